The molecule has 20 heavy (non-hydrogen) atoms. The normalized spacial score (nSPS) is 10.5. The maximum absolute atomic E-state index is 11.9. The van der Waals surface area contributed by atoms with Gasteiger partial charge in [-0.05, 0) is 19.4 Å². The van der Waals surface area contributed by atoms with Gasteiger partial charge in [0.2, 0.25) is 0 Å². The number of carbonyl (C=O) groups excluding carboxylic acids is 1. The summed E-state index contributed by atoms with van der Waals surface area (Å²) in [6.07, 6.45) is 0.793. The Morgan fingerprint density at radius 1 is 1.35 bits per heavy atom. The molecule has 0 spiro atoms. The highest BCUT2D eigenvalue weighted by Crippen LogP contribution is 2.18. The molecule has 0 atom stereocenters. The van der Waals surface area contributed by atoms with E-state index in [0.29, 0.717) is 18.8 Å². The fourth-order valence-corrected chi connectivity index (χ4v) is 1.82. The number of hydrogen-bond acceptors (Lipinski definition) is 3. The van der Waals surface area contributed by atoms with Crippen molar-refractivity contribution in [2.45, 2.75) is 13.3 Å². The number of nitrogens with zero attached hydrogens (tertiary/aromatic N) is 1. The fourth-order valence-electron chi connectivity index (χ4n) is 1.82. The zero-order valence-corrected chi connectivity index (χ0v) is 11.8. The molecule has 2 aromatic rings. The summed E-state index contributed by atoms with van der Waals surface area (Å²) in [5.41, 5.74) is 3.43. The quantitative estimate of drug-likeness (QED) is 0.792. The minimum Gasteiger partial charge on any atom is -0.385 e. The number of hydrogen-bond donors (Lipinski definition) is 2. The number of H-pyrrole nitrogens is 1. The first-order valence-electron chi connectivity index (χ1n) is 6.60. The molecule has 5 nitrogen and oxygen atoms in total. The van der Waals surface area contributed by atoms with Gasteiger partial charge in [0.1, 0.15) is 5.69 Å². The number of carbonyl (C=O) groups is 1. The molecule has 0 aliphatic rings. The number of aromatic amines is 1. The monoisotopic (exact) mass is 273 g/mol. The van der Waals surface area contributed by atoms with E-state index >= 15 is 0 Å². The third-order valence-corrected chi connectivity index (χ3v) is 2.98. The van der Waals surface area contributed by atoms with Crippen LogP contribution in [0.2, 0.25) is 0 Å². The van der Waals surface area contributed by atoms with E-state index in [0.717, 1.165) is 17.7 Å². The molecule has 2 N–H and O–H groups in total. The predicted molar refractivity (Wildman–Crippen MR) is 77.6 cm³/mol. The van der Waals surface area contributed by atoms with Crippen molar-refractivity contribution in [1.29, 1.82) is 0 Å². The maximum Gasteiger partial charge on any atom is 0.269 e. The average molecular weight is 273 g/mol. The molecule has 0 fully saturated rings. The van der Waals surface area contributed by atoms with Crippen LogP contribution >= 0.6 is 0 Å². The predicted octanol–water partition coefficient (Wildman–Crippen LogP) is 2.15. The fraction of sp³-hybridized carbons (Fsp3) is 0.333. The lowest BCUT2D eigenvalue weighted by Crippen LogP contribution is -2.25. The van der Waals surface area contributed by atoms with E-state index in [2.05, 4.69) is 15.5 Å². The first kappa shape index (κ1) is 14.3. The number of nitrogens with one attached hydrogen (secondary N) is 2. The van der Waals surface area contributed by atoms with Crippen molar-refractivity contribution >= 4 is 5.91 Å². The number of methoxy groups -OCH3 is 1. The molecule has 1 aromatic carbocycles. The average Bonchev–Trinajstić information content (AvgIpc) is 2.94. The summed E-state index contributed by atoms with van der Waals surface area (Å²) in [5.74, 6) is -0.146. The van der Waals surface area contributed by atoms with Crippen molar-refractivity contribution in [3.05, 3.63) is 41.6 Å². The molecule has 106 valence electrons. The van der Waals surface area contributed by atoms with Crippen LogP contribution in [0.3, 0.4) is 0 Å². The number of aryl methyl sites for hydroxylation is 1. The summed E-state index contributed by atoms with van der Waals surface area (Å²) in [5, 5.41) is 9.75. The molecule has 0 radical (unpaired) electrons. The van der Waals surface area contributed by atoms with Gasteiger partial charge >= 0.3 is 0 Å². The third kappa shape index (κ3) is 3.68. The van der Waals surface area contributed by atoms with Gasteiger partial charge in [-0.15, -0.1) is 0 Å². The Bertz CT molecular complexity index is 561. The molecule has 0 aliphatic carbocycles. The summed E-state index contributed by atoms with van der Waals surface area (Å²) in [7, 11) is 1.64. The van der Waals surface area contributed by atoms with E-state index in [4.69, 9.17) is 4.74 Å². The zero-order chi connectivity index (χ0) is 14.4. The van der Waals surface area contributed by atoms with Crippen molar-refractivity contribution in [1.82, 2.24) is 15.5 Å². The van der Waals surface area contributed by atoms with Gasteiger partial charge in [-0.3, -0.25) is 9.89 Å². The van der Waals surface area contributed by atoms with Crippen LogP contribution in [0.15, 0.2) is 30.3 Å². The van der Waals surface area contributed by atoms with Gasteiger partial charge in [0, 0.05) is 25.8 Å². The van der Waals surface area contributed by atoms with Crippen molar-refractivity contribution in [2.75, 3.05) is 20.3 Å². The van der Waals surface area contributed by atoms with E-state index in [9.17, 15) is 4.79 Å². The zero-order valence-electron chi connectivity index (χ0n) is 11.8. The Morgan fingerprint density at radius 3 is 2.80 bits per heavy atom. The molecule has 1 amide bonds. The minimum atomic E-state index is -0.146. The minimum absolute atomic E-state index is 0.146. The van der Waals surface area contributed by atoms with E-state index in [1.54, 1.807) is 13.2 Å². The number of ether oxygens (including phenoxy) is 1. The molecular weight excluding hydrogens is 254 g/mol. The van der Waals surface area contributed by atoms with Gasteiger partial charge in [-0.2, -0.15) is 5.10 Å². The van der Waals surface area contributed by atoms with Crippen LogP contribution in [-0.4, -0.2) is 36.4 Å². The summed E-state index contributed by atoms with van der Waals surface area (Å²) in [4.78, 5) is 11.9. The lowest BCUT2D eigenvalue weighted by atomic mass is 10.1. The van der Waals surface area contributed by atoms with Crippen molar-refractivity contribution in [3.63, 3.8) is 0 Å². The second-order valence-electron chi connectivity index (χ2n) is 4.64. The van der Waals surface area contributed by atoms with Crippen molar-refractivity contribution in [3.8, 4) is 11.3 Å². The number of benzene rings is 1. The lowest BCUT2D eigenvalue weighted by molar-refractivity contribution is 0.0943. The van der Waals surface area contributed by atoms with Crippen LogP contribution in [0.5, 0.6) is 0 Å². The van der Waals surface area contributed by atoms with Crippen LogP contribution in [0.4, 0.5) is 0 Å². The number of amides is 1. The lowest BCUT2D eigenvalue weighted by Gasteiger charge is -2.02. The van der Waals surface area contributed by atoms with Crippen LogP contribution in [0.25, 0.3) is 11.3 Å². The second kappa shape index (κ2) is 6.86. The summed E-state index contributed by atoms with van der Waals surface area (Å²) < 4.78 is 4.93. The summed E-state index contributed by atoms with van der Waals surface area (Å²) in [6.45, 7) is 3.26. The molecule has 1 heterocycles. The highest BCUT2D eigenvalue weighted by molar-refractivity contribution is 5.93. The van der Waals surface area contributed by atoms with E-state index in [-0.39, 0.29) is 5.91 Å². The van der Waals surface area contributed by atoms with E-state index < -0.39 is 0 Å². The van der Waals surface area contributed by atoms with Crippen LogP contribution < -0.4 is 5.32 Å². The third-order valence-electron chi connectivity index (χ3n) is 2.98. The Balaban J connectivity index is 1.98. The van der Waals surface area contributed by atoms with Crippen molar-refractivity contribution < 1.29 is 9.53 Å². The molecule has 5 heteroatoms. The van der Waals surface area contributed by atoms with Crippen LogP contribution in [-0.2, 0) is 4.74 Å². The first-order chi connectivity index (χ1) is 9.70. The smallest absolute Gasteiger partial charge is 0.269 e. The van der Waals surface area contributed by atoms with Gasteiger partial charge in [0.15, 0.2) is 0 Å². The molecule has 2 rings (SSSR count). The van der Waals surface area contributed by atoms with E-state index in [1.165, 1.54) is 5.56 Å². The standard InChI is InChI=1S/C15H19N3O2/c1-11-4-6-12(7-5-11)13-10-14(18-17-13)15(19)16-8-3-9-20-2/h4-7,10H,3,8-9H2,1-2H3,(H,16,19)(H,17,18). The number of aromatic nitrogens is 2. The first-order valence-corrected chi connectivity index (χ1v) is 6.60. The maximum atomic E-state index is 11.9. The molecule has 0 aliphatic heterocycles. The summed E-state index contributed by atoms with van der Waals surface area (Å²) in [6, 6.07) is 9.79. The van der Waals surface area contributed by atoms with E-state index in [1.807, 2.05) is 31.2 Å². The largest absolute Gasteiger partial charge is 0.385 e. The molecule has 1 aromatic heterocycles. The number of rotatable bonds is 6. The highest BCUT2D eigenvalue weighted by Gasteiger charge is 2.10. The SMILES string of the molecule is COCCCNC(=O)c1cc(-c2ccc(C)cc2)n[nH]1. The molecule has 0 unspecified atom stereocenters. The Kier molecular flexibility index (Phi) is 4.90. The topological polar surface area (TPSA) is 67.0 Å². The molecular formula is C15H19N3O2. The van der Waals surface area contributed by atoms with Gasteiger partial charge in [0.25, 0.3) is 5.91 Å². The molecule has 0 bridgehead atoms. The van der Waals surface area contributed by atoms with Crippen LogP contribution in [0.1, 0.15) is 22.5 Å². The van der Waals surface area contributed by atoms with Crippen molar-refractivity contribution in [2.24, 2.45) is 0 Å². The Hall–Kier alpha value is -2.14. The van der Waals surface area contributed by atoms with Gasteiger partial charge < -0.3 is 10.1 Å². The van der Waals surface area contributed by atoms with Gasteiger partial charge in [-0.1, -0.05) is 29.8 Å². The summed E-state index contributed by atoms with van der Waals surface area (Å²) >= 11 is 0. The molecule has 0 saturated carbocycles. The highest BCUT2D eigenvalue weighted by atomic mass is 16.5. The Labute approximate surface area is 118 Å². The van der Waals surface area contributed by atoms with Crippen LogP contribution in [0, 0.1) is 6.92 Å². The van der Waals surface area contributed by atoms with Gasteiger partial charge in [0.05, 0.1) is 5.69 Å². The Morgan fingerprint density at radius 2 is 2.10 bits per heavy atom. The second-order valence-corrected chi connectivity index (χ2v) is 4.64. The molecule has 0 saturated heterocycles. The van der Waals surface area contributed by atoms with Gasteiger partial charge in [-0.25, -0.2) is 0 Å².